The van der Waals surface area contributed by atoms with Crippen molar-refractivity contribution in [3.8, 4) is 5.75 Å². The fraction of sp³-hybridized carbons (Fsp3) is 0.263. The molecule has 0 aliphatic carbocycles. The lowest BCUT2D eigenvalue weighted by molar-refractivity contribution is -0.404. The molecule has 2 aromatic carbocycles. The first-order valence-corrected chi connectivity index (χ1v) is 10.1. The van der Waals surface area contributed by atoms with Crippen molar-refractivity contribution < 1.29 is 24.7 Å². The van der Waals surface area contributed by atoms with Crippen molar-refractivity contribution in [2.45, 2.75) is 20.8 Å². The van der Waals surface area contributed by atoms with Crippen LogP contribution in [0.3, 0.4) is 0 Å². The number of thiazole rings is 1. The number of hydrogen-bond acceptors (Lipinski definition) is 11. The van der Waals surface area contributed by atoms with Crippen molar-refractivity contribution in [1.82, 2.24) is 4.98 Å². The van der Waals surface area contributed by atoms with Gasteiger partial charge in [0.15, 0.2) is 10.9 Å². The molecule has 3 rings (SSSR count). The van der Waals surface area contributed by atoms with Crippen LogP contribution in [-0.2, 0) is 4.79 Å². The number of fused-ring (bicyclic) bond motifs is 1. The number of aromatic nitrogens is 1. The first-order valence-electron chi connectivity index (χ1n) is 9.24. The number of phenols is 1. The molecule has 0 bridgehead atoms. The summed E-state index contributed by atoms with van der Waals surface area (Å²) in [7, 11) is 0. The van der Waals surface area contributed by atoms with Crippen LogP contribution in [0, 0.1) is 35.8 Å². The van der Waals surface area contributed by atoms with Crippen LogP contribution in [0.4, 0.5) is 22.2 Å². The summed E-state index contributed by atoms with van der Waals surface area (Å²) in [5.74, 6) is -1.02. The molecule has 1 heterocycles. The van der Waals surface area contributed by atoms with Crippen molar-refractivity contribution in [3.05, 3.63) is 66.7 Å². The summed E-state index contributed by atoms with van der Waals surface area (Å²) in [5.41, 5.74) is -2.33. The summed E-state index contributed by atoms with van der Waals surface area (Å²) in [6.45, 7) is 6.11. The minimum absolute atomic E-state index is 0.191. The van der Waals surface area contributed by atoms with Gasteiger partial charge in [0.1, 0.15) is 0 Å². The summed E-state index contributed by atoms with van der Waals surface area (Å²) in [4.78, 5) is 44.0. The molecule has 0 aliphatic heterocycles. The molecule has 2 N–H and O–H groups in total. The van der Waals surface area contributed by atoms with Crippen molar-refractivity contribution in [2.75, 3.05) is 11.9 Å². The van der Waals surface area contributed by atoms with Gasteiger partial charge in [0.2, 0.25) is 0 Å². The van der Waals surface area contributed by atoms with Crippen molar-refractivity contribution >= 4 is 49.5 Å². The van der Waals surface area contributed by atoms with Gasteiger partial charge in [-0.05, 0) is 12.1 Å². The Balaban J connectivity index is 0.000000234. The molecular weight excluding hydrogens is 458 g/mol. The molecule has 13 nitrogen and oxygen atoms in total. The number of anilines is 1. The van der Waals surface area contributed by atoms with Gasteiger partial charge in [-0.2, -0.15) is 0 Å². The zero-order valence-electron chi connectivity index (χ0n) is 17.7. The highest BCUT2D eigenvalue weighted by Crippen LogP contribution is 2.39. The van der Waals surface area contributed by atoms with Crippen LogP contribution < -0.4 is 5.32 Å². The number of para-hydroxylation sites is 1. The number of nitrogens with one attached hydrogen (secondary N) is 1. The normalized spacial score (nSPS) is 10.8. The number of rotatable bonds is 6. The Kier molecular flexibility index (Phi) is 7.56. The Morgan fingerprint density at radius 1 is 1.03 bits per heavy atom. The second-order valence-electron chi connectivity index (χ2n) is 7.62. The highest BCUT2D eigenvalue weighted by molar-refractivity contribution is 7.22. The standard InChI is InChI=1S/C13H16N2OS.C6H3N3O7/c1-13(2,3)11(16)8-14-12-15-9-6-4-5-7-10(9)17-12;10-6-4(8(13)14)1-3(7(11)12)2-5(6)9(15)16/h4-7H,8H2,1-3H3,(H,14,15);1-2,10H. The number of nitro benzene ring substituents is 3. The van der Waals surface area contributed by atoms with E-state index in [0.717, 1.165) is 15.3 Å². The number of nitrogens with zero attached hydrogens (tertiary/aromatic N) is 4. The smallest absolute Gasteiger partial charge is 0.324 e. The van der Waals surface area contributed by atoms with E-state index in [-0.39, 0.29) is 11.2 Å². The van der Waals surface area contributed by atoms with E-state index in [1.54, 1.807) is 11.3 Å². The lowest BCUT2D eigenvalue weighted by atomic mass is 9.91. The maximum absolute atomic E-state index is 11.8. The van der Waals surface area contributed by atoms with E-state index in [1.165, 1.54) is 0 Å². The summed E-state index contributed by atoms with van der Waals surface area (Å²) in [6.07, 6.45) is 0. The van der Waals surface area contributed by atoms with Crippen molar-refractivity contribution in [3.63, 3.8) is 0 Å². The molecule has 0 radical (unpaired) electrons. The van der Waals surface area contributed by atoms with Crippen LogP contribution in [0.25, 0.3) is 10.2 Å². The van der Waals surface area contributed by atoms with Crippen LogP contribution in [0.15, 0.2) is 36.4 Å². The topological polar surface area (TPSA) is 192 Å². The van der Waals surface area contributed by atoms with Gasteiger partial charge in [-0.25, -0.2) is 4.98 Å². The number of benzene rings is 2. The maximum atomic E-state index is 11.8. The number of phenolic OH excluding ortho intramolecular Hbond substituents is 1. The Morgan fingerprint density at radius 3 is 2.03 bits per heavy atom. The summed E-state index contributed by atoms with van der Waals surface area (Å²) >= 11 is 1.58. The van der Waals surface area contributed by atoms with E-state index in [9.17, 15) is 35.1 Å². The van der Waals surface area contributed by atoms with E-state index >= 15 is 0 Å². The fourth-order valence-electron chi connectivity index (χ4n) is 2.34. The van der Waals surface area contributed by atoms with Gasteiger partial charge >= 0.3 is 11.4 Å². The van der Waals surface area contributed by atoms with E-state index in [4.69, 9.17) is 5.11 Å². The lowest BCUT2D eigenvalue weighted by Crippen LogP contribution is -2.27. The molecule has 0 aliphatic rings. The van der Waals surface area contributed by atoms with Crippen LogP contribution in [0.2, 0.25) is 0 Å². The van der Waals surface area contributed by atoms with Gasteiger partial charge in [-0.15, -0.1) is 0 Å². The number of Topliss-reactive ketones (excluding diaryl/α,β-unsaturated/α-hetero) is 1. The molecule has 0 amide bonds. The van der Waals surface area contributed by atoms with E-state index in [2.05, 4.69) is 10.3 Å². The molecule has 0 atom stereocenters. The molecule has 0 saturated heterocycles. The predicted molar refractivity (Wildman–Crippen MR) is 121 cm³/mol. The Hall–Kier alpha value is -4.20. The van der Waals surface area contributed by atoms with E-state index in [0.29, 0.717) is 18.7 Å². The van der Waals surface area contributed by atoms with Crippen LogP contribution in [-0.4, -0.2) is 37.2 Å². The zero-order valence-corrected chi connectivity index (χ0v) is 18.5. The highest BCUT2D eigenvalue weighted by atomic mass is 32.1. The third-order valence-corrected chi connectivity index (χ3v) is 5.18. The number of ketones is 1. The summed E-state index contributed by atoms with van der Waals surface area (Å²) in [6, 6.07) is 8.85. The van der Waals surface area contributed by atoms with Gasteiger partial charge in [0, 0.05) is 5.41 Å². The number of hydrogen-bond donors (Lipinski definition) is 2. The molecule has 0 unspecified atom stereocenters. The maximum Gasteiger partial charge on any atom is 0.324 e. The number of aromatic hydroxyl groups is 1. The molecule has 174 valence electrons. The van der Waals surface area contributed by atoms with Gasteiger partial charge in [0.05, 0.1) is 43.7 Å². The molecule has 1 aromatic heterocycles. The minimum atomic E-state index is -1.21. The second-order valence-corrected chi connectivity index (χ2v) is 8.65. The molecule has 0 spiro atoms. The highest BCUT2D eigenvalue weighted by Gasteiger charge is 2.30. The quantitative estimate of drug-likeness (QED) is 0.379. The van der Waals surface area contributed by atoms with Gasteiger partial charge in [-0.3, -0.25) is 35.1 Å². The van der Waals surface area contributed by atoms with E-state index in [1.807, 2.05) is 45.0 Å². The molecule has 14 heteroatoms. The number of non-ortho nitro benzene ring substituents is 1. The van der Waals surface area contributed by atoms with Crippen LogP contribution in [0.1, 0.15) is 20.8 Å². The first kappa shape index (κ1) is 25.1. The summed E-state index contributed by atoms with van der Waals surface area (Å²) in [5, 5.41) is 44.1. The molecule has 0 saturated carbocycles. The summed E-state index contributed by atoms with van der Waals surface area (Å²) < 4.78 is 1.14. The Bertz CT molecular complexity index is 1170. The van der Waals surface area contributed by atoms with E-state index < -0.39 is 37.6 Å². The van der Waals surface area contributed by atoms with Crippen molar-refractivity contribution in [1.29, 1.82) is 0 Å². The largest absolute Gasteiger partial charge is 0.497 e. The molecule has 3 aromatic rings. The second kappa shape index (κ2) is 9.95. The Labute approximate surface area is 190 Å². The zero-order chi connectivity index (χ0) is 24.9. The third-order valence-electron chi connectivity index (χ3n) is 4.19. The average molecular weight is 477 g/mol. The number of nitro groups is 3. The van der Waals surface area contributed by atoms with Gasteiger partial charge in [-0.1, -0.05) is 44.2 Å². The third kappa shape index (κ3) is 6.39. The Morgan fingerprint density at radius 2 is 1.58 bits per heavy atom. The van der Waals surface area contributed by atoms with Gasteiger partial charge < -0.3 is 10.4 Å². The predicted octanol–water partition coefficient (Wildman–Crippen LogP) is 4.44. The molecule has 0 fully saturated rings. The van der Waals surface area contributed by atoms with Gasteiger partial charge in [0.25, 0.3) is 11.4 Å². The fourth-order valence-corrected chi connectivity index (χ4v) is 3.20. The first-order chi connectivity index (χ1) is 15.3. The minimum Gasteiger partial charge on any atom is -0.497 e. The number of carbonyl (C=O) groups excluding carboxylic acids is 1. The SMILES string of the molecule is CC(C)(C)C(=O)CNc1nc2ccccc2s1.O=[N+]([O-])c1cc([N+](=O)[O-])c(O)c([N+](=O)[O-])c1. The van der Waals surface area contributed by atoms with Crippen LogP contribution >= 0.6 is 11.3 Å². The monoisotopic (exact) mass is 477 g/mol. The van der Waals surface area contributed by atoms with Crippen molar-refractivity contribution in [2.24, 2.45) is 5.41 Å². The molecule has 33 heavy (non-hydrogen) atoms. The lowest BCUT2D eigenvalue weighted by Gasteiger charge is -2.16. The number of carbonyl (C=O) groups is 1. The average Bonchev–Trinajstić information content (AvgIpc) is 3.14. The molecular formula is C19H19N5O8S. The van der Waals surface area contributed by atoms with Crippen LogP contribution in [0.5, 0.6) is 5.75 Å².